The summed E-state index contributed by atoms with van der Waals surface area (Å²) in [4.78, 5) is 12.5. The highest BCUT2D eigenvalue weighted by Gasteiger charge is 2.31. The normalized spacial score (nSPS) is 15.7. The van der Waals surface area contributed by atoms with E-state index in [0.717, 1.165) is 37.5 Å². The van der Waals surface area contributed by atoms with Gasteiger partial charge < -0.3 is 5.32 Å². The maximum absolute atomic E-state index is 12.8. The predicted molar refractivity (Wildman–Crippen MR) is 108 cm³/mol. The van der Waals surface area contributed by atoms with E-state index in [1.165, 1.54) is 28.6 Å². The average Bonchev–Trinajstić information content (AvgIpc) is 2.73. The molecule has 3 rings (SSSR count). The topological polar surface area (TPSA) is 66.5 Å². The summed E-state index contributed by atoms with van der Waals surface area (Å²) in [6, 6.07) is 8.34. The Morgan fingerprint density at radius 2 is 1.67 bits per heavy atom. The molecule has 2 aromatic carbocycles. The second-order valence-corrected chi connectivity index (χ2v) is 9.30. The molecule has 0 amide bonds. The summed E-state index contributed by atoms with van der Waals surface area (Å²) < 4.78 is 65.3. The van der Waals surface area contributed by atoms with Gasteiger partial charge in [0.2, 0.25) is 10.0 Å². The zero-order valence-electron chi connectivity index (χ0n) is 15.9. The van der Waals surface area contributed by atoms with Crippen LogP contribution in [0.3, 0.4) is 0 Å². The van der Waals surface area contributed by atoms with Crippen LogP contribution in [0, 0.1) is 0 Å². The molecule has 5 nitrogen and oxygen atoms in total. The van der Waals surface area contributed by atoms with E-state index in [-0.39, 0.29) is 27.7 Å². The van der Waals surface area contributed by atoms with Gasteiger partial charge >= 0.3 is 6.18 Å². The number of hydrogen-bond acceptors (Lipinski definition) is 4. The van der Waals surface area contributed by atoms with Gasteiger partial charge in [0.1, 0.15) is 0 Å². The summed E-state index contributed by atoms with van der Waals surface area (Å²) in [7, 11) is -3.60. The van der Waals surface area contributed by atoms with Crippen LogP contribution in [-0.2, 0) is 16.2 Å². The molecule has 30 heavy (non-hydrogen) atoms. The van der Waals surface area contributed by atoms with Crippen molar-refractivity contribution in [2.75, 3.05) is 25.0 Å². The van der Waals surface area contributed by atoms with Crippen LogP contribution >= 0.6 is 11.6 Å². The molecule has 0 atom stereocenters. The second-order valence-electron chi connectivity index (χ2n) is 6.96. The SMILES string of the molecule is O=C(CNc1cc(C(F)(F)F)ccc1Cl)c1ccc(S(=O)(=O)N2CCCCC2)cc1. The van der Waals surface area contributed by atoms with Crippen LogP contribution in [0.5, 0.6) is 0 Å². The number of Topliss-reactive ketones (excluding diaryl/α,β-unsaturated/α-hetero) is 1. The summed E-state index contributed by atoms with van der Waals surface area (Å²) in [5, 5.41) is 2.67. The molecule has 2 aromatic rings. The highest BCUT2D eigenvalue weighted by molar-refractivity contribution is 7.89. The summed E-state index contributed by atoms with van der Waals surface area (Å²) in [5.74, 6) is -0.412. The minimum Gasteiger partial charge on any atom is -0.376 e. The van der Waals surface area contributed by atoms with E-state index in [2.05, 4.69) is 5.32 Å². The lowest BCUT2D eigenvalue weighted by molar-refractivity contribution is -0.137. The maximum atomic E-state index is 12.8. The average molecular weight is 461 g/mol. The molecule has 1 fully saturated rings. The molecule has 1 aliphatic rings. The fourth-order valence-electron chi connectivity index (χ4n) is 3.18. The van der Waals surface area contributed by atoms with Gasteiger partial charge in [-0.05, 0) is 55.3 Å². The molecule has 0 saturated carbocycles. The molecular weight excluding hydrogens is 441 g/mol. The van der Waals surface area contributed by atoms with E-state index in [4.69, 9.17) is 11.6 Å². The standard InChI is InChI=1S/C20H20ClF3N2O3S/c21-17-9-6-15(20(22,23)24)12-18(17)25-13-19(27)14-4-7-16(8-5-14)30(28,29)26-10-2-1-3-11-26/h4-9,12,25H,1-3,10-11,13H2. The minimum absolute atomic E-state index is 0.0101. The van der Waals surface area contributed by atoms with Crippen molar-refractivity contribution >= 4 is 33.1 Å². The molecule has 0 spiro atoms. The van der Waals surface area contributed by atoms with Crippen molar-refractivity contribution in [3.63, 3.8) is 0 Å². The quantitative estimate of drug-likeness (QED) is 0.627. The van der Waals surface area contributed by atoms with Crippen molar-refractivity contribution in [1.82, 2.24) is 4.31 Å². The first kappa shape index (κ1) is 22.6. The van der Waals surface area contributed by atoms with E-state index < -0.39 is 27.5 Å². The highest BCUT2D eigenvalue weighted by atomic mass is 35.5. The van der Waals surface area contributed by atoms with Crippen molar-refractivity contribution in [2.24, 2.45) is 0 Å². The molecule has 0 bridgehead atoms. The fourth-order valence-corrected chi connectivity index (χ4v) is 4.88. The number of ketones is 1. The third-order valence-electron chi connectivity index (χ3n) is 4.86. The Balaban J connectivity index is 1.68. The lowest BCUT2D eigenvalue weighted by Gasteiger charge is -2.25. The first-order valence-electron chi connectivity index (χ1n) is 9.33. The summed E-state index contributed by atoms with van der Waals surface area (Å²) in [5.41, 5.74) is -0.651. The Kier molecular flexibility index (Phi) is 6.74. The first-order valence-corrected chi connectivity index (χ1v) is 11.1. The fraction of sp³-hybridized carbons (Fsp3) is 0.350. The molecule has 0 aliphatic carbocycles. The molecular formula is C20H20ClF3N2O3S. The number of halogens is 4. The van der Waals surface area contributed by atoms with E-state index in [1.54, 1.807) is 0 Å². The van der Waals surface area contributed by atoms with Gasteiger partial charge in [-0.25, -0.2) is 8.42 Å². The van der Waals surface area contributed by atoms with Crippen LogP contribution in [-0.4, -0.2) is 38.1 Å². The molecule has 1 N–H and O–H groups in total. The van der Waals surface area contributed by atoms with Gasteiger partial charge in [-0.15, -0.1) is 0 Å². The number of nitrogens with one attached hydrogen (secondary N) is 1. The highest BCUT2D eigenvalue weighted by Crippen LogP contribution is 2.33. The van der Waals surface area contributed by atoms with Crippen molar-refractivity contribution in [3.8, 4) is 0 Å². The largest absolute Gasteiger partial charge is 0.416 e. The van der Waals surface area contributed by atoms with Crippen LogP contribution in [0.4, 0.5) is 18.9 Å². The smallest absolute Gasteiger partial charge is 0.376 e. The Hall–Kier alpha value is -2.10. The van der Waals surface area contributed by atoms with Gasteiger partial charge in [0.25, 0.3) is 0 Å². The van der Waals surface area contributed by atoms with E-state index in [1.807, 2.05) is 0 Å². The van der Waals surface area contributed by atoms with Crippen LogP contribution in [0.25, 0.3) is 0 Å². The maximum Gasteiger partial charge on any atom is 0.416 e. The monoisotopic (exact) mass is 460 g/mol. The van der Waals surface area contributed by atoms with Crippen molar-refractivity contribution in [1.29, 1.82) is 0 Å². The second kappa shape index (κ2) is 8.95. The third kappa shape index (κ3) is 5.14. The molecule has 1 heterocycles. The minimum atomic E-state index is -4.53. The lowest BCUT2D eigenvalue weighted by atomic mass is 10.1. The van der Waals surface area contributed by atoms with Crippen molar-refractivity contribution in [2.45, 2.75) is 30.3 Å². The zero-order chi connectivity index (χ0) is 21.9. The first-order chi connectivity index (χ1) is 14.1. The number of hydrogen-bond donors (Lipinski definition) is 1. The van der Waals surface area contributed by atoms with Crippen LogP contribution in [0.1, 0.15) is 35.2 Å². The molecule has 1 aliphatic heterocycles. The van der Waals surface area contributed by atoms with Gasteiger partial charge in [-0.2, -0.15) is 17.5 Å². The number of alkyl halides is 3. The summed E-state index contributed by atoms with van der Waals surface area (Å²) in [6.45, 7) is 0.661. The number of anilines is 1. The molecule has 1 saturated heterocycles. The number of piperidine rings is 1. The van der Waals surface area contributed by atoms with Crippen molar-refractivity contribution < 1.29 is 26.4 Å². The van der Waals surface area contributed by atoms with Crippen LogP contribution < -0.4 is 5.32 Å². The Bertz CT molecular complexity index is 1020. The van der Waals surface area contributed by atoms with E-state index >= 15 is 0 Å². The number of benzene rings is 2. The predicted octanol–water partition coefficient (Wildman–Crippen LogP) is 4.83. The van der Waals surface area contributed by atoms with Gasteiger partial charge in [0.15, 0.2) is 5.78 Å². The molecule has 0 aromatic heterocycles. The van der Waals surface area contributed by atoms with Crippen molar-refractivity contribution in [3.05, 3.63) is 58.6 Å². The summed E-state index contributed by atoms with van der Waals surface area (Å²) >= 11 is 5.91. The molecule has 0 unspecified atom stereocenters. The van der Waals surface area contributed by atoms with Gasteiger partial charge in [0.05, 0.1) is 27.7 Å². The Labute approximate surface area is 177 Å². The molecule has 0 radical (unpaired) electrons. The van der Waals surface area contributed by atoms with Gasteiger partial charge in [0, 0.05) is 18.7 Å². The third-order valence-corrected chi connectivity index (χ3v) is 7.10. The number of sulfonamides is 1. The van der Waals surface area contributed by atoms with E-state index in [9.17, 15) is 26.4 Å². The van der Waals surface area contributed by atoms with Crippen LogP contribution in [0.15, 0.2) is 47.4 Å². The number of rotatable bonds is 6. The zero-order valence-corrected chi connectivity index (χ0v) is 17.4. The van der Waals surface area contributed by atoms with Gasteiger partial charge in [-0.1, -0.05) is 18.0 Å². The molecule has 162 valence electrons. The Morgan fingerprint density at radius 1 is 1.03 bits per heavy atom. The van der Waals surface area contributed by atoms with E-state index in [0.29, 0.717) is 13.1 Å². The number of carbonyl (C=O) groups excluding carboxylic acids is 1. The number of nitrogens with zero attached hydrogens (tertiary/aromatic N) is 1. The molecule has 10 heteroatoms. The van der Waals surface area contributed by atoms with Gasteiger partial charge in [-0.3, -0.25) is 4.79 Å². The number of carbonyl (C=O) groups is 1. The van der Waals surface area contributed by atoms with Crippen LogP contribution in [0.2, 0.25) is 5.02 Å². The summed E-state index contributed by atoms with van der Waals surface area (Å²) in [6.07, 6.45) is -1.89. The lowest BCUT2D eigenvalue weighted by Crippen LogP contribution is -2.35. The Morgan fingerprint density at radius 3 is 2.27 bits per heavy atom.